The van der Waals surface area contributed by atoms with E-state index in [9.17, 15) is 9.59 Å². The first-order valence-corrected chi connectivity index (χ1v) is 7.46. The average molecular weight is 292 g/mol. The minimum absolute atomic E-state index is 0.0379. The number of ketones is 1. The zero-order valence-corrected chi connectivity index (χ0v) is 13.1. The Morgan fingerprint density at radius 3 is 2.86 bits per heavy atom. The number of methoxy groups -OCH3 is 1. The normalized spacial score (nSPS) is 35.3. The Hall–Kier alpha value is -1.58. The molecule has 0 heterocycles. The third kappa shape index (κ3) is 3.20. The standard InChI is InChI=1S/C17H24O4/c1-11-6-5-7-16(20-4)15(19)8-14-13(11)9-17(14,3)10-21-12(2)18/h7,13-14H,1,5-6,8-10H2,2-4H3/b16-7-/t13-,14+,17+/m0/s1. The summed E-state index contributed by atoms with van der Waals surface area (Å²) in [5.74, 6) is 0.735. The first-order valence-electron chi connectivity index (χ1n) is 7.46. The van der Waals surface area contributed by atoms with Crippen LogP contribution in [0.5, 0.6) is 0 Å². The molecule has 0 saturated heterocycles. The van der Waals surface area contributed by atoms with Gasteiger partial charge in [0.15, 0.2) is 11.5 Å². The second-order valence-corrected chi connectivity index (χ2v) is 6.45. The summed E-state index contributed by atoms with van der Waals surface area (Å²) in [6.07, 6.45) is 4.89. The Labute approximate surface area is 126 Å². The molecule has 0 radical (unpaired) electrons. The van der Waals surface area contributed by atoms with Crippen molar-refractivity contribution in [3.63, 3.8) is 0 Å². The van der Waals surface area contributed by atoms with Crippen LogP contribution in [0.4, 0.5) is 0 Å². The Morgan fingerprint density at radius 1 is 1.52 bits per heavy atom. The molecular weight excluding hydrogens is 268 g/mol. The van der Waals surface area contributed by atoms with Crippen LogP contribution in [-0.4, -0.2) is 25.5 Å². The van der Waals surface area contributed by atoms with Gasteiger partial charge in [-0.3, -0.25) is 9.59 Å². The summed E-state index contributed by atoms with van der Waals surface area (Å²) in [5, 5.41) is 0. The summed E-state index contributed by atoms with van der Waals surface area (Å²) in [5.41, 5.74) is 1.06. The van der Waals surface area contributed by atoms with Crippen LogP contribution in [0.25, 0.3) is 0 Å². The fraction of sp³-hybridized carbons (Fsp3) is 0.647. The van der Waals surface area contributed by atoms with E-state index in [4.69, 9.17) is 9.47 Å². The van der Waals surface area contributed by atoms with E-state index in [1.165, 1.54) is 19.6 Å². The van der Waals surface area contributed by atoms with Gasteiger partial charge in [0.1, 0.15) is 0 Å². The highest BCUT2D eigenvalue weighted by Gasteiger charge is 2.52. The van der Waals surface area contributed by atoms with Crippen LogP contribution < -0.4 is 0 Å². The predicted octanol–water partition coefficient (Wildman–Crippen LogP) is 3.03. The molecule has 0 bridgehead atoms. The maximum absolute atomic E-state index is 12.3. The molecule has 0 aliphatic heterocycles. The third-order valence-corrected chi connectivity index (χ3v) is 4.89. The van der Waals surface area contributed by atoms with Crippen molar-refractivity contribution in [2.75, 3.05) is 13.7 Å². The van der Waals surface area contributed by atoms with E-state index in [1.807, 2.05) is 6.08 Å². The molecule has 2 rings (SSSR count). The Balaban J connectivity index is 2.16. The van der Waals surface area contributed by atoms with Gasteiger partial charge < -0.3 is 9.47 Å². The first-order chi connectivity index (χ1) is 9.87. The summed E-state index contributed by atoms with van der Waals surface area (Å²) in [6, 6.07) is 0. The lowest BCUT2D eigenvalue weighted by Gasteiger charge is -2.53. The van der Waals surface area contributed by atoms with Crippen molar-refractivity contribution in [2.24, 2.45) is 17.3 Å². The van der Waals surface area contributed by atoms with Gasteiger partial charge >= 0.3 is 5.97 Å². The molecule has 0 unspecified atom stereocenters. The monoisotopic (exact) mass is 292 g/mol. The van der Waals surface area contributed by atoms with Gasteiger partial charge in [0.05, 0.1) is 13.7 Å². The highest BCUT2D eigenvalue weighted by molar-refractivity contribution is 5.93. The van der Waals surface area contributed by atoms with Gasteiger partial charge in [-0.05, 0) is 37.2 Å². The number of ether oxygens (including phenoxy) is 2. The van der Waals surface area contributed by atoms with E-state index in [-0.39, 0.29) is 23.1 Å². The number of Topliss-reactive ketones (excluding diaryl/α,β-unsaturated/α-hetero) is 1. The fourth-order valence-corrected chi connectivity index (χ4v) is 3.56. The summed E-state index contributed by atoms with van der Waals surface area (Å²) < 4.78 is 10.4. The minimum Gasteiger partial charge on any atom is -0.493 e. The predicted molar refractivity (Wildman–Crippen MR) is 79.4 cm³/mol. The van der Waals surface area contributed by atoms with E-state index in [1.54, 1.807) is 0 Å². The summed E-state index contributed by atoms with van der Waals surface area (Å²) in [6.45, 7) is 8.06. The third-order valence-electron chi connectivity index (χ3n) is 4.89. The van der Waals surface area contributed by atoms with Crippen molar-refractivity contribution in [3.8, 4) is 0 Å². The van der Waals surface area contributed by atoms with Crippen molar-refractivity contribution in [2.45, 2.75) is 39.5 Å². The van der Waals surface area contributed by atoms with Crippen molar-refractivity contribution in [1.29, 1.82) is 0 Å². The van der Waals surface area contributed by atoms with Gasteiger partial charge in [-0.1, -0.05) is 19.1 Å². The van der Waals surface area contributed by atoms with Gasteiger partial charge in [-0.15, -0.1) is 0 Å². The topological polar surface area (TPSA) is 52.6 Å². The summed E-state index contributed by atoms with van der Waals surface area (Å²) >= 11 is 0. The maximum atomic E-state index is 12.3. The van der Waals surface area contributed by atoms with Crippen molar-refractivity contribution in [1.82, 2.24) is 0 Å². The van der Waals surface area contributed by atoms with Crippen LogP contribution in [0.1, 0.15) is 39.5 Å². The number of carbonyl (C=O) groups excluding carboxylic acids is 2. The Bertz CT molecular complexity index is 491. The van der Waals surface area contributed by atoms with Crippen molar-refractivity contribution in [3.05, 3.63) is 24.0 Å². The molecule has 0 N–H and O–H groups in total. The molecule has 116 valence electrons. The smallest absolute Gasteiger partial charge is 0.302 e. The molecule has 0 aromatic rings. The van der Waals surface area contributed by atoms with Gasteiger partial charge in [-0.2, -0.15) is 0 Å². The number of allylic oxidation sites excluding steroid dienone is 3. The van der Waals surface area contributed by atoms with E-state index < -0.39 is 0 Å². The lowest BCUT2D eigenvalue weighted by Crippen LogP contribution is -2.50. The van der Waals surface area contributed by atoms with Gasteiger partial charge in [-0.25, -0.2) is 0 Å². The van der Waals surface area contributed by atoms with Crippen molar-refractivity contribution < 1.29 is 19.1 Å². The van der Waals surface area contributed by atoms with Gasteiger partial charge in [0, 0.05) is 18.8 Å². The minimum atomic E-state index is -0.273. The quantitative estimate of drug-likeness (QED) is 0.592. The molecule has 3 atom stereocenters. The second kappa shape index (κ2) is 6.04. The Morgan fingerprint density at radius 2 is 2.24 bits per heavy atom. The Kier molecular flexibility index (Phi) is 4.55. The second-order valence-electron chi connectivity index (χ2n) is 6.45. The lowest BCUT2D eigenvalue weighted by molar-refractivity contribution is -0.153. The number of carbonyl (C=O) groups is 2. The van der Waals surface area contributed by atoms with E-state index in [0.717, 1.165) is 19.3 Å². The number of rotatable bonds is 3. The zero-order chi connectivity index (χ0) is 15.6. The maximum Gasteiger partial charge on any atom is 0.302 e. The van der Waals surface area contributed by atoms with E-state index in [0.29, 0.717) is 24.7 Å². The first kappa shape index (κ1) is 15.8. The van der Waals surface area contributed by atoms with Gasteiger partial charge in [0.2, 0.25) is 0 Å². The molecule has 21 heavy (non-hydrogen) atoms. The molecular formula is C17H24O4. The van der Waals surface area contributed by atoms with Crippen LogP contribution >= 0.6 is 0 Å². The number of fused-ring (bicyclic) bond motifs is 1. The highest BCUT2D eigenvalue weighted by Crippen LogP contribution is 2.56. The molecule has 0 spiro atoms. The molecule has 0 amide bonds. The van der Waals surface area contributed by atoms with Gasteiger partial charge in [0.25, 0.3) is 0 Å². The van der Waals surface area contributed by atoms with Crippen LogP contribution in [0.2, 0.25) is 0 Å². The van der Waals surface area contributed by atoms with Crippen LogP contribution in [-0.2, 0) is 19.1 Å². The van der Waals surface area contributed by atoms with Crippen molar-refractivity contribution >= 4 is 11.8 Å². The fourth-order valence-electron chi connectivity index (χ4n) is 3.56. The molecule has 0 aromatic heterocycles. The van der Waals surface area contributed by atoms with Crippen LogP contribution in [0.15, 0.2) is 24.0 Å². The molecule has 4 heteroatoms. The number of hydrogen-bond donors (Lipinski definition) is 0. The lowest BCUT2D eigenvalue weighted by atomic mass is 9.51. The SMILES string of the molecule is C=C1CC/C=C(\OC)C(=O)C[C@@H]2[C@H]1C[C@]2(C)COC(C)=O. The summed E-state index contributed by atoms with van der Waals surface area (Å²) in [7, 11) is 1.53. The molecule has 1 saturated carbocycles. The molecule has 0 aromatic carbocycles. The molecule has 1 fully saturated rings. The zero-order valence-electron chi connectivity index (χ0n) is 13.1. The number of esters is 1. The van der Waals surface area contributed by atoms with E-state index >= 15 is 0 Å². The molecule has 2 aliphatic carbocycles. The highest BCUT2D eigenvalue weighted by atomic mass is 16.5. The largest absolute Gasteiger partial charge is 0.493 e. The molecule has 4 nitrogen and oxygen atoms in total. The average Bonchev–Trinajstić information content (AvgIpc) is 2.47. The van der Waals surface area contributed by atoms with Crippen LogP contribution in [0, 0.1) is 17.3 Å². The number of hydrogen-bond acceptors (Lipinski definition) is 4. The van der Waals surface area contributed by atoms with Crippen LogP contribution in [0.3, 0.4) is 0 Å². The molecule has 2 aliphatic rings. The summed E-state index contributed by atoms with van der Waals surface area (Å²) in [4.78, 5) is 23.4. The van der Waals surface area contributed by atoms with E-state index in [2.05, 4.69) is 13.5 Å².